The molecular formula is C14H17N5O2. The maximum absolute atomic E-state index is 12.1. The van der Waals surface area contributed by atoms with E-state index in [0.717, 1.165) is 0 Å². The Morgan fingerprint density at radius 2 is 2.43 bits per heavy atom. The van der Waals surface area contributed by atoms with Gasteiger partial charge in [-0.05, 0) is 24.6 Å². The number of carbonyl (C=O) groups excluding carboxylic acids is 1. The molecule has 3 heterocycles. The lowest BCUT2D eigenvalue weighted by Gasteiger charge is -2.11. The number of carbonyl (C=O) groups is 1. The molecule has 1 aliphatic rings. The summed E-state index contributed by atoms with van der Waals surface area (Å²) in [5, 5.41) is 10.1. The maximum Gasteiger partial charge on any atom is 0.241 e. The van der Waals surface area contributed by atoms with Crippen LogP contribution in [-0.4, -0.2) is 46.5 Å². The summed E-state index contributed by atoms with van der Waals surface area (Å²) < 4.78 is 6.89. The van der Waals surface area contributed by atoms with E-state index in [1.807, 2.05) is 24.4 Å². The molecule has 7 nitrogen and oxygen atoms in total. The fourth-order valence-electron chi connectivity index (χ4n) is 2.31. The van der Waals surface area contributed by atoms with E-state index >= 15 is 0 Å². The smallest absolute Gasteiger partial charge is 0.241 e. The van der Waals surface area contributed by atoms with Crippen molar-refractivity contribution in [2.75, 3.05) is 19.0 Å². The Kier molecular flexibility index (Phi) is 3.94. The van der Waals surface area contributed by atoms with Crippen molar-refractivity contribution in [1.82, 2.24) is 20.1 Å². The Balaban J connectivity index is 1.62. The minimum Gasteiger partial charge on any atom is -0.380 e. The van der Waals surface area contributed by atoms with Gasteiger partial charge in [0.1, 0.15) is 0 Å². The number of aromatic nitrogens is 3. The SMILES string of the molecule is COC1CNC(C(=O)Nc2ccc(-n3cccn3)nc2)C1. The fraction of sp³-hybridized carbons (Fsp3) is 0.357. The van der Waals surface area contributed by atoms with Gasteiger partial charge >= 0.3 is 0 Å². The van der Waals surface area contributed by atoms with E-state index in [4.69, 9.17) is 4.74 Å². The quantitative estimate of drug-likeness (QED) is 0.860. The van der Waals surface area contributed by atoms with Gasteiger partial charge in [-0.25, -0.2) is 9.67 Å². The molecule has 1 saturated heterocycles. The Hall–Kier alpha value is -2.25. The van der Waals surface area contributed by atoms with Crippen molar-refractivity contribution in [2.45, 2.75) is 18.6 Å². The van der Waals surface area contributed by atoms with Crippen LogP contribution in [0.2, 0.25) is 0 Å². The molecule has 2 aromatic heterocycles. The Morgan fingerprint density at radius 3 is 3.05 bits per heavy atom. The molecule has 0 bridgehead atoms. The first kappa shape index (κ1) is 13.7. The molecule has 110 valence electrons. The number of hydrogen-bond donors (Lipinski definition) is 2. The summed E-state index contributed by atoms with van der Waals surface area (Å²) >= 11 is 0. The molecule has 3 rings (SSSR count). The van der Waals surface area contributed by atoms with Gasteiger partial charge in [0.15, 0.2) is 5.82 Å². The van der Waals surface area contributed by atoms with Gasteiger partial charge in [-0.3, -0.25) is 4.79 Å². The average molecular weight is 287 g/mol. The van der Waals surface area contributed by atoms with Crippen molar-refractivity contribution in [2.24, 2.45) is 0 Å². The molecule has 2 aromatic rings. The summed E-state index contributed by atoms with van der Waals surface area (Å²) in [7, 11) is 1.66. The van der Waals surface area contributed by atoms with Crippen LogP contribution in [0.3, 0.4) is 0 Å². The lowest BCUT2D eigenvalue weighted by Crippen LogP contribution is -2.35. The number of ether oxygens (including phenoxy) is 1. The number of methoxy groups -OCH3 is 1. The van der Waals surface area contributed by atoms with Crippen LogP contribution < -0.4 is 10.6 Å². The van der Waals surface area contributed by atoms with Crippen LogP contribution in [0.15, 0.2) is 36.8 Å². The lowest BCUT2D eigenvalue weighted by molar-refractivity contribution is -0.118. The van der Waals surface area contributed by atoms with Crippen LogP contribution in [0.1, 0.15) is 6.42 Å². The van der Waals surface area contributed by atoms with E-state index in [0.29, 0.717) is 24.5 Å². The summed E-state index contributed by atoms with van der Waals surface area (Å²) in [6.07, 6.45) is 5.91. The molecule has 0 spiro atoms. The van der Waals surface area contributed by atoms with Crippen molar-refractivity contribution in [1.29, 1.82) is 0 Å². The van der Waals surface area contributed by atoms with Gasteiger partial charge in [-0.15, -0.1) is 0 Å². The van der Waals surface area contributed by atoms with Gasteiger partial charge < -0.3 is 15.4 Å². The normalized spacial score (nSPS) is 21.4. The third kappa shape index (κ3) is 3.09. The fourth-order valence-corrected chi connectivity index (χ4v) is 2.31. The van der Waals surface area contributed by atoms with Crippen molar-refractivity contribution < 1.29 is 9.53 Å². The van der Waals surface area contributed by atoms with Gasteiger partial charge in [0.05, 0.1) is 24.0 Å². The predicted octanol–water partition coefficient (Wildman–Crippen LogP) is 0.583. The molecule has 0 aliphatic carbocycles. The van der Waals surface area contributed by atoms with Crippen LogP contribution >= 0.6 is 0 Å². The van der Waals surface area contributed by atoms with Gasteiger partial charge in [0.25, 0.3) is 0 Å². The van der Waals surface area contributed by atoms with E-state index in [2.05, 4.69) is 20.7 Å². The number of anilines is 1. The Bertz CT molecular complexity index is 596. The van der Waals surface area contributed by atoms with Crippen molar-refractivity contribution >= 4 is 11.6 Å². The van der Waals surface area contributed by atoms with Crippen LogP contribution in [0, 0.1) is 0 Å². The molecule has 0 aromatic carbocycles. The van der Waals surface area contributed by atoms with Crippen LogP contribution in [-0.2, 0) is 9.53 Å². The van der Waals surface area contributed by atoms with E-state index < -0.39 is 0 Å². The predicted molar refractivity (Wildman–Crippen MR) is 77.2 cm³/mol. The standard InChI is InChI=1S/C14H17N5O2/c1-21-11-7-12(15-9-11)14(20)18-10-3-4-13(16-8-10)19-6-2-5-17-19/h2-6,8,11-12,15H,7,9H2,1H3,(H,18,20). The summed E-state index contributed by atoms with van der Waals surface area (Å²) in [4.78, 5) is 16.4. The first-order valence-electron chi connectivity index (χ1n) is 6.79. The van der Waals surface area contributed by atoms with Gasteiger partial charge in [-0.1, -0.05) is 0 Å². The van der Waals surface area contributed by atoms with Crippen LogP contribution in [0.4, 0.5) is 5.69 Å². The van der Waals surface area contributed by atoms with E-state index in [1.54, 1.807) is 24.2 Å². The number of nitrogens with one attached hydrogen (secondary N) is 2. The first-order chi connectivity index (χ1) is 10.3. The Morgan fingerprint density at radius 1 is 1.52 bits per heavy atom. The molecular weight excluding hydrogens is 270 g/mol. The highest BCUT2D eigenvalue weighted by atomic mass is 16.5. The van der Waals surface area contributed by atoms with E-state index in [1.165, 1.54) is 0 Å². The lowest BCUT2D eigenvalue weighted by atomic mass is 10.2. The van der Waals surface area contributed by atoms with Gasteiger partial charge in [-0.2, -0.15) is 5.10 Å². The zero-order valence-corrected chi connectivity index (χ0v) is 11.7. The largest absolute Gasteiger partial charge is 0.380 e. The first-order valence-corrected chi connectivity index (χ1v) is 6.79. The molecule has 1 amide bonds. The minimum atomic E-state index is -0.222. The van der Waals surface area contributed by atoms with Crippen LogP contribution in [0.5, 0.6) is 0 Å². The Labute approximate surface area is 122 Å². The summed E-state index contributed by atoms with van der Waals surface area (Å²) in [6, 6.07) is 5.23. The molecule has 2 unspecified atom stereocenters. The number of hydrogen-bond acceptors (Lipinski definition) is 5. The average Bonchev–Trinajstić information content (AvgIpc) is 3.19. The topological polar surface area (TPSA) is 81.1 Å². The monoisotopic (exact) mass is 287 g/mol. The summed E-state index contributed by atoms with van der Waals surface area (Å²) in [5.41, 5.74) is 0.665. The summed E-state index contributed by atoms with van der Waals surface area (Å²) in [5.74, 6) is 0.639. The molecule has 2 atom stereocenters. The van der Waals surface area contributed by atoms with E-state index in [-0.39, 0.29) is 18.1 Å². The second kappa shape index (κ2) is 6.02. The van der Waals surface area contributed by atoms with Crippen molar-refractivity contribution in [3.05, 3.63) is 36.8 Å². The number of pyridine rings is 1. The second-order valence-electron chi connectivity index (χ2n) is 4.90. The number of amides is 1. The van der Waals surface area contributed by atoms with E-state index in [9.17, 15) is 4.79 Å². The van der Waals surface area contributed by atoms with Crippen molar-refractivity contribution in [3.63, 3.8) is 0 Å². The molecule has 2 N–H and O–H groups in total. The molecule has 1 aliphatic heterocycles. The zero-order valence-electron chi connectivity index (χ0n) is 11.7. The molecule has 0 saturated carbocycles. The number of nitrogens with zero attached hydrogens (tertiary/aromatic N) is 3. The number of rotatable bonds is 4. The molecule has 0 radical (unpaired) electrons. The highest BCUT2D eigenvalue weighted by Crippen LogP contribution is 2.13. The van der Waals surface area contributed by atoms with Gasteiger partial charge in [0, 0.05) is 26.0 Å². The zero-order chi connectivity index (χ0) is 14.7. The molecule has 1 fully saturated rings. The third-order valence-electron chi connectivity index (χ3n) is 3.49. The second-order valence-corrected chi connectivity index (χ2v) is 4.90. The van der Waals surface area contributed by atoms with Crippen LogP contribution in [0.25, 0.3) is 5.82 Å². The van der Waals surface area contributed by atoms with Gasteiger partial charge in [0.2, 0.25) is 5.91 Å². The molecule has 7 heteroatoms. The van der Waals surface area contributed by atoms with Crippen molar-refractivity contribution in [3.8, 4) is 5.82 Å². The summed E-state index contributed by atoms with van der Waals surface area (Å²) in [6.45, 7) is 0.699. The maximum atomic E-state index is 12.1. The highest BCUT2D eigenvalue weighted by molar-refractivity contribution is 5.95. The third-order valence-corrected chi connectivity index (χ3v) is 3.49. The molecule has 21 heavy (non-hydrogen) atoms. The minimum absolute atomic E-state index is 0.0665. The highest BCUT2D eigenvalue weighted by Gasteiger charge is 2.29.